The molecular formula is C16H21NO4. The zero-order chi connectivity index (χ0) is 15.6. The number of phenols is 1. The molecule has 0 aromatic heterocycles. The van der Waals surface area contributed by atoms with Gasteiger partial charge in [0.05, 0.1) is 5.41 Å². The number of likely N-dealkylation sites (tertiary alicyclic amines) is 1. The van der Waals surface area contributed by atoms with E-state index in [0.717, 1.165) is 0 Å². The molecule has 0 saturated carbocycles. The molecule has 1 aliphatic rings. The highest BCUT2D eigenvalue weighted by atomic mass is 16.4. The fourth-order valence-corrected chi connectivity index (χ4v) is 2.88. The van der Waals surface area contributed by atoms with Crippen molar-refractivity contribution in [2.45, 2.75) is 33.1 Å². The van der Waals surface area contributed by atoms with Gasteiger partial charge in [0.15, 0.2) is 0 Å². The SMILES string of the molecule is CCC1(C(=O)O)CCN(C(=O)c2cccc(O)c2C)CC1. The zero-order valence-electron chi connectivity index (χ0n) is 12.4. The number of carboxylic acid groups (broad SMARTS) is 1. The number of benzene rings is 1. The topological polar surface area (TPSA) is 77.8 Å². The third-order valence-corrected chi connectivity index (χ3v) is 4.67. The summed E-state index contributed by atoms with van der Waals surface area (Å²) in [6, 6.07) is 4.89. The number of piperidine rings is 1. The van der Waals surface area contributed by atoms with Crippen LogP contribution in [-0.4, -0.2) is 40.1 Å². The van der Waals surface area contributed by atoms with Gasteiger partial charge < -0.3 is 15.1 Å². The third kappa shape index (κ3) is 2.73. The minimum absolute atomic E-state index is 0.103. The van der Waals surface area contributed by atoms with E-state index in [-0.39, 0.29) is 11.7 Å². The summed E-state index contributed by atoms with van der Waals surface area (Å²) in [6.07, 6.45) is 1.53. The summed E-state index contributed by atoms with van der Waals surface area (Å²) >= 11 is 0. The Hall–Kier alpha value is -2.04. The second kappa shape index (κ2) is 5.76. The summed E-state index contributed by atoms with van der Waals surface area (Å²) in [5.41, 5.74) is 0.340. The lowest BCUT2D eigenvalue weighted by Gasteiger charge is -2.38. The van der Waals surface area contributed by atoms with Crippen LogP contribution in [-0.2, 0) is 4.79 Å². The van der Waals surface area contributed by atoms with Gasteiger partial charge in [-0.1, -0.05) is 13.0 Å². The maximum atomic E-state index is 12.5. The van der Waals surface area contributed by atoms with Crippen LogP contribution in [0.3, 0.4) is 0 Å². The van der Waals surface area contributed by atoms with Crippen LogP contribution in [0.15, 0.2) is 18.2 Å². The van der Waals surface area contributed by atoms with Crippen molar-refractivity contribution < 1.29 is 19.8 Å². The predicted octanol–water partition coefficient (Wildman–Crippen LogP) is 2.42. The number of phenolic OH excluding ortho intramolecular Hbond substituents is 1. The molecule has 0 radical (unpaired) electrons. The molecule has 0 aliphatic carbocycles. The van der Waals surface area contributed by atoms with Crippen LogP contribution < -0.4 is 0 Å². The smallest absolute Gasteiger partial charge is 0.309 e. The van der Waals surface area contributed by atoms with Gasteiger partial charge in [-0.2, -0.15) is 0 Å². The molecule has 2 N–H and O–H groups in total. The van der Waals surface area contributed by atoms with Crippen molar-refractivity contribution in [1.82, 2.24) is 4.90 Å². The van der Waals surface area contributed by atoms with Gasteiger partial charge in [0, 0.05) is 24.2 Å². The van der Waals surface area contributed by atoms with Gasteiger partial charge in [-0.3, -0.25) is 9.59 Å². The van der Waals surface area contributed by atoms with Crippen molar-refractivity contribution in [1.29, 1.82) is 0 Å². The van der Waals surface area contributed by atoms with Crippen molar-refractivity contribution in [3.63, 3.8) is 0 Å². The highest BCUT2D eigenvalue weighted by molar-refractivity contribution is 5.96. The number of aliphatic carboxylic acids is 1. The molecule has 1 amide bonds. The van der Waals surface area contributed by atoms with E-state index < -0.39 is 11.4 Å². The lowest BCUT2D eigenvalue weighted by Crippen LogP contribution is -2.46. The number of carbonyl (C=O) groups is 2. The van der Waals surface area contributed by atoms with Gasteiger partial charge in [-0.15, -0.1) is 0 Å². The lowest BCUT2D eigenvalue weighted by molar-refractivity contribution is -0.152. The minimum atomic E-state index is -0.773. The molecule has 0 atom stereocenters. The average molecular weight is 291 g/mol. The van der Waals surface area contributed by atoms with Crippen LogP contribution in [0.4, 0.5) is 0 Å². The van der Waals surface area contributed by atoms with Crippen molar-refractivity contribution in [2.75, 3.05) is 13.1 Å². The fourth-order valence-electron chi connectivity index (χ4n) is 2.88. The van der Waals surface area contributed by atoms with Gasteiger partial charge in [0.1, 0.15) is 5.75 Å². The summed E-state index contributed by atoms with van der Waals surface area (Å²) in [6.45, 7) is 4.47. The summed E-state index contributed by atoms with van der Waals surface area (Å²) < 4.78 is 0. The molecule has 5 heteroatoms. The summed E-state index contributed by atoms with van der Waals surface area (Å²) in [5, 5.41) is 19.1. The number of hydrogen-bond donors (Lipinski definition) is 2. The van der Waals surface area contributed by atoms with E-state index in [1.165, 1.54) is 0 Å². The lowest BCUT2D eigenvalue weighted by atomic mass is 9.76. The van der Waals surface area contributed by atoms with Crippen LogP contribution in [0.25, 0.3) is 0 Å². The number of carboxylic acids is 1. The van der Waals surface area contributed by atoms with E-state index in [1.807, 2.05) is 6.92 Å². The molecule has 21 heavy (non-hydrogen) atoms. The highest BCUT2D eigenvalue weighted by Crippen LogP contribution is 2.35. The first-order chi connectivity index (χ1) is 9.91. The Morgan fingerprint density at radius 1 is 1.29 bits per heavy atom. The standard InChI is InChI=1S/C16H21NO4/c1-3-16(15(20)21)7-9-17(10-8-16)14(19)12-5-4-6-13(18)11(12)2/h4-6,18H,3,7-10H2,1-2H3,(H,20,21). The van der Waals surface area contributed by atoms with E-state index in [0.29, 0.717) is 43.5 Å². The van der Waals surface area contributed by atoms with Crippen LogP contribution in [0.1, 0.15) is 42.1 Å². The molecule has 1 fully saturated rings. The van der Waals surface area contributed by atoms with Crippen molar-refractivity contribution in [3.8, 4) is 5.75 Å². The molecule has 1 aromatic rings. The van der Waals surface area contributed by atoms with Gasteiger partial charge in [0.2, 0.25) is 0 Å². The summed E-state index contributed by atoms with van der Waals surface area (Å²) in [5.74, 6) is -0.810. The van der Waals surface area contributed by atoms with E-state index in [9.17, 15) is 19.8 Å². The number of hydrogen-bond acceptors (Lipinski definition) is 3. The number of nitrogens with zero attached hydrogens (tertiary/aromatic N) is 1. The Bertz CT molecular complexity index is 559. The zero-order valence-corrected chi connectivity index (χ0v) is 12.4. The van der Waals surface area contributed by atoms with Crippen LogP contribution in [0.2, 0.25) is 0 Å². The van der Waals surface area contributed by atoms with E-state index in [4.69, 9.17) is 0 Å². The van der Waals surface area contributed by atoms with Gasteiger partial charge in [-0.25, -0.2) is 0 Å². The van der Waals surface area contributed by atoms with E-state index in [1.54, 1.807) is 30.0 Å². The molecule has 0 bridgehead atoms. The summed E-state index contributed by atoms with van der Waals surface area (Å²) in [4.78, 5) is 25.6. The molecule has 0 unspecified atom stereocenters. The Kier molecular flexibility index (Phi) is 4.21. The van der Waals surface area contributed by atoms with Crippen LogP contribution in [0.5, 0.6) is 5.75 Å². The van der Waals surface area contributed by atoms with Crippen molar-refractivity contribution >= 4 is 11.9 Å². The molecular weight excluding hydrogens is 270 g/mol. The first kappa shape index (κ1) is 15.4. The fraction of sp³-hybridized carbons (Fsp3) is 0.500. The number of rotatable bonds is 3. The molecule has 1 saturated heterocycles. The number of amides is 1. The van der Waals surface area contributed by atoms with Gasteiger partial charge in [-0.05, 0) is 38.3 Å². The molecule has 0 spiro atoms. The molecule has 2 rings (SSSR count). The quantitative estimate of drug-likeness (QED) is 0.896. The molecule has 5 nitrogen and oxygen atoms in total. The Morgan fingerprint density at radius 3 is 2.43 bits per heavy atom. The third-order valence-electron chi connectivity index (χ3n) is 4.67. The van der Waals surface area contributed by atoms with Crippen LogP contribution >= 0.6 is 0 Å². The maximum absolute atomic E-state index is 12.5. The minimum Gasteiger partial charge on any atom is -0.508 e. The van der Waals surface area contributed by atoms with E-state index in [2.05, 4.69) is 0 Å². The van der Waals surface area contributed by atoms with Gasteiger partial charge in [0.25, 0.3) is 5.91 Å². The Morgan fingerprint density at radius 2 is 1.90 bits per heavy atom. The van der Waals surface area contributed by atoms with Crippen LogP contribution in [0, 0.1) is 12.3 Å². The summed E-state index contributed by atoms with van der Waals surface area (Å²) in [7, 11) is 0. The Labute approximate surface area is 124 Å². The van der Waals surface area contributed by atoms with Crippen molar-refractivity contribution in [2.24, 2.45) is 5.41 Å². The van der Waals surface area contributed by atoms with Crippen molar-refractivity contribution in [3.05, 3.63) is 29.3 Å². The van der Waals surface area contributed by atoms with Gasteiger partial charge >= 0.3 is 5.97 Å². The highest BCUT2D eigenvalue weighted by Gasteiger charge is 2.41. The second-order valence-corrected chi connectivity index (χ2v) is 5.68. The molecule has 1 aromatic carbocycles. The predicted molar refractivity (Wildman–Crippen MR) is 78.3 cm³/mol. The average Bonchev–Trinajstić information content (AvgIpc) is 2.49. The second-order valence-electron chi connectivity index (χ2n) is 5.68. The monoisotopic (exact) mass is 291 g/mol. The first-order valence-corrected chi connectivity index (χ1v) is 7.22. The van der Waals surface area contributed by atoms with E-state index >= 15 is 0 Å². The Balaban J connectivity index is 2.14. The largest absolute Gasteiger partial charge is 0.508 e. The first-order valence-electron chi connectivity index (χ1n) is 7.22. The normalized spacial score (nSPS) is 17.5. The molecule has 1 aliphatic heterocycles. The molecule has 1 heterocycles. The number of aromatic hydroxyl groups is 1. The number of carbonyl (C=O) groups excluding carboxylic acids is 1. The molecule has 114 valence electrons. The maximum Gasteiger partial charge on any atom is 0.309 e.